The van der Waals surface area contributed by atoms with Gasteiger partial charge in [0.05, 0.1) is 34.4 Å². The minimum atomic E-state index is -0.888. The van der Waals surface area contributed by atoms with Crippen molar-refractivity contribution in [2.45, 2.75) is 174 Å². The van der Waals surface area contributed by atoms with Crippen LogP contribution in [0.15, 0.2) is 109 Å². The highest BCUT2D eigenvalue weighted by Crippen LogP contribution is 2.12. The van der Waals surface area contributed by atoms with Crippen LogP contribution in [0.4, 0.5) is 0 Å². The predicted octanol–water partition coefficient (Wildman–Crippen LogP) is 13.6. The maximum Gasteiger partial charge on any atom is 0.362 e. The number of allylic oxidation sites excluding steroid dienone is 18. The largest absolute Gasteiger partial charge is 0.477 e. The molecule has 0 heterocycles. The lowest BCUT2D eigenvalue weighted by Crippen LogP contribution is -2.50. The summed E-state index contributed by atoms with van der Waals surface area (Å²) in [7, 11) is 5.50. The maximum atomic E-state index is 12.8. The molecular weight excluding hydrogens is 775 g/mol. The molecule has 8 nitrogen and oxygen atoms in total. The molecule has 0 radical (unpaired) electrons. The van der Waals surface area contributed by atoms with E-state index in [1.165, 1.54) is 19.3 Å². The summed E-state index contributed by atoms with van der Waals surface area (Å²) in [6, 6.07) is -0.631. The minimum Gasteiger partial charge on any atom is -0.477 e. The lowest BCUT2D eigenvalue weighted by atomic mass is 10.1. The van der Waals surface area contributed by atoms with Gasteiger partial charge in [-0.25, -0.2) is 4.79 Å². The number of hydrogen-bond acceptors (Lipinski definition) is 6. The van der Waals surface area contributed by atoms with Crippen LogP contribution in [0.2, 0.25) is 0 Å². The Labute approximate surface area is 378 Å². The van der Waals surface area contributed by atoms with Gasteiger partial charge >= 0.3 is 17.9 Å². The zero-order valence-electron chi connectivity index (χ0n) is 39.8. The Morgan fingerprint density at radius 3 is 1.48 bits per heavy atom. The molecule has 1 N–H and O–H groups in total. The molecule has 8 heteroatoms. The average Bonchev–Trinajstić information content (AvgIpc) is 3.23. The summed E-state index contributed by atoms with van der Waals surface area (Å²) in [5.41, 5.74) is 0. The molecule has 0 amide bonds. The van der Waals surface area contributed by atoms with Crippen molar-refractivity contribution >= 4 is 17.9 Å². The molecule has 0 bridgehead atoms. The Morgan fingerprint density at radius 2 is 0.968 bits per heavy atom. The van der Waals surface area contributed by atoms with Crippen molar-refractivity contribution in [2.24, 2.45) is 0 Å². The first-order valence-electron chi connectivity index (χ1n) is 24.0. The highest BCUT2D eigenvalue weighted by Gasteiger charge is 2.31. The molecule has 0 rings (SSSR count). The first kappa shape index (κ1) is 58.0. The molecule has 0 aliphatic carbocycles. The number of likely N-dealkylation sites (N-methyl/N-ethyl adjacent to an activating group) is 1. The summed E-state index contributed by atoms with van der Waals surface area (Å²) < 4.78 is 17.3. The Hall–Kier alpha value is -4.01. The molecule has 0 aromatic carbocycles. The van der Waals surface area contributed by atoms with Gasteiger partial charge in [0.1, 0.15) is 6.61 Å². The number of ether oxygens (including phenoxy) is 3. The van der Waals surface area contributed by atoms with Gasteiger partial charge in [0.25, 0.3) is 0 Å². The van der Waals surface area contributed by atoms with Gasteiger partial charge in [-0.1, -0.05) is 168 Å². The molecule has 0 aromatic rings. The van der Waals surface area contributed by atoms with E-state index in [0.29, 0.717) is 19.3 Å². The molecule has 0 saturated heterocycles. The lowest BCUT2D eigenvalue weighted by Gasteiger charge is -2.31. The number of nitrogens with zero attached hydrogens (tertiary/aromatic N) is 1. The number of carbonyl (C=O) groups excluding carboxylic acids is 2. The molecular formula is C54H88NO7+. The molecule has 0 aliphatic heterocycles. The van der Waals surface area contributed by atoms with Crippen molar-refractivity contribution in [3.8, 4) is 0 Å². The zero-order chi connectivity index (χ0) is 45.6. The summed E-state index contributed by atoms with van der Waals surface area (Å²) in [4.78, 5) is 37.1. The average molecular weight is 863 g/mol. The fourth-order valence-corrected chi connectivity index (χ4v) is 6.30. The van der Waals surface area contributed by atoms with E-state index in [1.807, 2.05) is 27.2 Å². The van der Waals surface area contributed by atoms with Crippen LogP contribution in [0.5, 0.6) is 0 Å². The van der Waals surface area contributed by atoms with E-state index in [1.54, 1.807) is 0 Å². The second kappa shape index (κ2) is 43.6. The van der Waals surface area contributed by atoms with Crippen molar-refractivity contribution in [3.05, 3.63) is 109 Å². The number of aliphatic carboxylic acids is 1. The van der Waals surface area contributed by atoms with Crippen LogP contribution < -0.4 is 0 Å². The normalized spacial score (nSPS) is 13.9. The summed E-state index contributed by atoms with van der Waals surface area (Å²) in [6.07, 6.45) is 59.8. The first-order chi connectivity index (χ1) is 30.1. The predicted molar refractivity (Wildman–Crippen MR) is 261 cm³/mol. The first-order valence-corrected chi connectivity index (χ1v) is 24.0. The number of carbonyl (C=O) groups is 3. The van der Waals surface area contributed by atoms with Gasteiger partial charge in [-0.3, -0.25) is 9.59 Å². The smallest absolute Gasteiger partial charge is 0.362 e. The number of carboxylic acid groups (broad SMARTS) is 1. The molecule has 0 aliphatic rings. The molecule has 0 saturated carbocycles. The van der Waals surface area contributed by atoms with Gasteiger partial charge in [0, 0.05) is 19.3 Å². The standard InChI is InChI=1S/C54H87NO7/c1-6-8-10-12-14-16-18-20-22-24-26-27-29-30-32-34-36-38-40-42-44-52(56)61-49-50(48-60-47-46-51(54(58)59)55(3,4)5)62-53(57)45-43-41-39-37-35-33-31-28-25-23-21-19-17-15-13-11-9-7-2/h8,10,14-17,19-23,25-28,30-32,50-51H,6-7,9,11-13,18,24,29,33-49H2,1-5H3/p+1/b10-8+,16-14+,17-15+,21-19+,22-20+,25-23+,27-26+,31-28+,32-30+. The Bertz CT molecular complexity index is 1370. The Morgan fingerprint density at radius 1 is 0.516 bits per heavy atom. The van der Waals surface area contributed by atoms with Crippen LogP contribution in [-0.2, 0) is 28.6 Å². The molecule has 0 spiro atoms. The van der Waals surface area contributed by atoms with E-state index >= 15 is 0 Å². The number of esters is 2. The Kier molecular flexibility index (Phi) is 40.8. The molecule has 0 aromatic heterocycles. The number of hydrogen-bond donors (Lipinski definition) is 1. The molecule has 2 atom stereocenters. The summed E-state index contributed by atoms with van der Waals surface area (Å²) in [5.74, 6) is -1.54. The van der Waals surface area contributed by atoms with Crippen molar-refractivity contribution in [1.29, 1.82) is 0 Å². The second-order valence-electron chi connectivity index (χ2n) is 16.7. The third-order valence-electron chi connectivity index (χ3n) is 10.0. The summed E-state index contributed by atoms with van der Waals surface area (Å²) in [5, 5.41) is 9.64. The quantitative estimate of drug-likeness (QED) is 0.0215. The zero-order valence-corrected chi connectivity index (χ0v) is 39.8. The Balaban J connectivity index is 4.43. The van der Waals surface area contributed by atoms with Gasteiger partial charge in [0.15, 0.2) is 12.1 Å². The maximum absolute atomic E-state index is 12.8. The van der Waals surface area contributed by atoms with Crippen LogP contribution in [0.3, 0.4) is 0 Å². The van der Waals surface area contributed by atoms with E-state index in [-0.39, 0.29) is 36.2 Å². The fourth-order valence-electron chi connectivity index (χ4n) is 6.30. The van der Waals surface area contributed by atoms with E-state index in [9.17, 15) is 19.5 Å². The molecule has 350 valence electrons. The number of unbranched alkanes of at least 4 members (excludes halogenated alkanes) is 12. The molecule has 2 unspecified atom stereocenters. The lowest BCUT2D eigenvalue weighted by molar-refractivity contribution is -0.887. The van der Waals surface area contributed by atoms with E-state index < -0.39 is 18.1 Å². The summed E-state index contributed by atoms with van der Waals surface area (Å²) >= 11 is 0. The third-order valence-corrected chi connectivity index (χ3v) is 10.0. The fraction of sp³-hybridized carbons (Fsp3) is 0.611. The van der Waals surface area contributed by atoms with E-state index in [0.717, 1.165) is 109 Å². The minimum absolute atomic E-state index is 0.0352. The van der Waals surface area contributed by atoms with Gasteiger partial charge in [0.2, 0.25) is 0 Å². The van der Waals surface area contributed by atoms with Crippen molar-refractivity contribution in [3.63, 3.8) is 0 Å². The highest BCUT2D eigenvalue weighted by atomic mass is 16.6. The van der Waals surface area contributed by atoms with Crippen molar-refractivity contribution < 1.29 is 38.2 Å². The third kappa shape index (κ3) is 41.3. The van der Waals surface area contributed by atoms with Crippen LogP contribution >= 0.6 is 0 Å². The molecule has 62 heavy (non-hydrogen) atoms. The second-order valence-corrected chi connectivity index (χ2v) is 16.7. The monoisotopic (exact) mass is 863 g/mol. The van der Waals surface area contributed by atoms with Crippen LogP contribution in [0.25, 0.3) is 0 Å². The van der Waals surface area contributed by atoms with Crippen LogP contribution in [0, 0.1) is 0 Å². The van der Waals surface area contributed by atoms with Gasteiger partial charge in [-0.15, -0.1) is 0 Å². The van der Waals surface area contributed by atoms with Gasteiger partial charge in [-0.05, 0) is 83.5 Å². The van der Waals surface area contributed by atoms with Crippen LogP contribution in [-0.4, -0.2) is 80.6 Å². The van der Waals surface area contributed by atoms with E-state index in [2.05, 4.69) is 117 Å². The van der Waals surface area contributed by atoms with Gasteiger partial charge in [-0.2, -0.15) is 0 Å². The van der Waals surface area contributed by atoms with Crippen molar-refractivity contribution in [1.82, 2.24) is 0 Å². The number of quaternary nitrogens is 1. The SMILES string of the molecule is CC/C=C/C/C=C/C/C=C/C/C=C/C/C=C/CCCCCCC(=O)OCC(COCCC(C(=O)O)[N+](C)(C)C)OC(=O)CCCCCCC/C=C/C=C/C=C/C=C/CCCCC. The van der Waals surface area contributed by atoms with Crippen LogP contribution in [0.1, 0.15) is 162 Å². The number of rotatable bonds is 41. The van der Waals surface area contributed by atoms with Crippen molar-refractivity contribution in [2.75, 3.05) is 41.0 Å². The topological polar surface area (TPSA) is 99.1 Å². The number of carboxylic acids is 1. The summed E-state index contributed by atoms with van der Waals surface area (Å²) in [6.45, 7) is 4.51. The molecule has 0 fully saturated rings. The van der Waals surface area contributed by atoms with E-state index in [4.69, 9.17) is 14.2 Å². The highest BCUT2D eigenvalue weighted by molar-refractivity contribution is 5.72. The van der Waals surface area contributed by atoms with Gasteiger partial charge < -0.3 is 23.8 Å².